The molecule has 180 valence electrons. The van der Waals surface area contributed by atoms with Gasteiger partial charge in [0.2, 0.25) is 0 Å². The molecule has 10 heteroatoms. The van der Waals surface area contributed by atoms with Crippen LogP contribution in [0, 0.1) is 12.8 Å². The zero-order chi connectivity index (χ0) is 24.5. The minimum Gasteiger partial charge on any atom is -0.349 e. The highest BCUT2D eigenvalue weighted by Gasteiger charge is 2.26. The van der Waals surface area contributed by atoms with Crippen LogP contribution in [0.15, 0.2) is 53.7 Å². The van der Waals surface area contributed by atoms with Crippen LogP contribution in [-0.2, 0) is 6.54 Å². The normalized spacial score (nSPS) is 18.0. The molecular formula is C25H24Cl2N6O2. The topological polar surface area (TPSA) is 94.7 Å². The molecule has 0 radical (unpaired) electrons. The number of fused-ring (bicyclic) bond motifs is 1. The molecule has 1 saturated carbocycles. The van der Waals surface area contributed by atoms with Crippen molar-refractivity contribution in [3.8, 4) is 5.82 Å². The van der Waals surface area contributed by atoms with Crippen molar-refractivity contribution in [3.63, 3.8) is 0 Å². The number of rotatable bonds is 5. The number of carbonyl (C=O) groups is 1. The third kappa shape index (κ3) is 4.81. The molecule has 0 spiro atoms. The van der Waals surface area contributed by atoms with Crippen molar-refractivity contribution >= 4 is 40.1 Å². The van der Waals surface area contributed by atoms with Crippen molar-refractivity contribution in [1.82, 2.24) is 29.4 Å². The monoisotopic (exact) mass is 510 g/mol. The molecule has 5 rings (SSSR count). The number of carbonyl (C=O) groups excluding carboxylic acids is 1. The van der Waals surface area contributed by atoms with E-state index < -0.39 is 0 Å². The van der Waals surface area contributed by atoms with E-state index in [1.807, 2.05) is 28.8 Å². The van der Waals surface area contributed by atoms with Gasteiger partial charge in [-0.2, -0.15) is 0 Å². The first kappa shape index (κ1) is 23.5. The predicted molar refractivity (Wildman–Crippen MR) is 135 cm³/mol. The molecule has 1 N–H and O–H groups in total. The zero-order valence-electron chi connectivity index (χ0n) is 19.1. The summed E-state index contributed by atoms with van der Waals surface area (Å²) in [6, 6.07) is 9.41. The first-order valence-electron chi connectivity index (χ1n) is 11.5. The van der Waals surface area contributed by atoms with E-state index in [-0.39, 0.29) is 22.8 Å². The lowest BCUT2D eigenvalue weighted by Crippen LogP contribution is -2.39. The van der Waals surface area contributed by atoms with Crippen LogP contribution in [0.1, 0.15) is 41.7 Å². The molecule has 0 saturated heterocycles. The van der Waals surface area contributed by atoms with Gasteiger partial charge in [-0.3, -0.25) is 14.3 Å². The van der Waals surface area contributed by atoms with Crippen LogP contribution >= 0.6 is 23.2 Å². The average Bonchev–Trinajstić information content (AvgIpc) is 3.13. The summed E-state index contributed by atoms with van der Waals surface area (Å²) in [5.74, 6) is 0.613. The van der Waals surface area contributed by atoms with Crippen molar-refractivity contribution in [2.24, 2.45) is 5.92 Å². The zero-order valence-corrected chi connectivity index (χ0v) is 20.6. The molecule has 3 heterocycles. The Hall–Kier alpha value is -3.23. The molecule has 0 unspecified atom stereocenters. The Morgan fingerprint density at radius 3 is 2.49 bits per heavy atom. The Kier molecular flexibility index (Phi) is 6.58. The fourth-order valence-electron chi connectivity index (χ4n) is 4.78. The predicted octanol–water partition coefficient (Wildman–Crippen LogP) is 4.58. The van der Waals surface area contributed by atoms with Gasteiger partial charge in [-0.25, -0.2) is 19.3 Å². The van der Waals surface area contributed by atoms with Gasteiger partial charge in [0, 0.05) is 18.8 Å². The number of hydrogen-bond acceptors (Lipinski definition) is 5. The van der Waals surface area contributed by atoms with E-state index in [4.69, 9.17) is 23.2 Å². The van der Waals surface area contributed by atoms with E-state index in [1.54, 1.807) is 17.6 Å². The molecule has 1 aromatic carbocycles. The first-order valence-corrected chi connectivity index (χ1v) is 12.3. The van der Waals surface area contributed by atoms with E-state index in [1.165, 1.54) is 18.6 Å². The SMILES string of the molecule is Cc1ncc(Cl)cc1C(=O)NC1CCC(Cn2c(=O)n(-c3cnc(Cl)cn3)c3ccccc32)CC1. The van der Waals surface area contributed by atoms with Gasteiger partial charge in [-0.15, -0.1) is 0 Å². The molecule has 4 aromatic rings. The summed E-state index contributed by atoms with van der Waals surface area (Å²) in [6.45, 7) is 2.40. The van der Waals surface area contributed by atoms with Crippen LogP contribution in [0.3, 0.4) is 0 Å². The summed E-state index contributed by atoms with van der Waals surface area (Å²) in [4.78, 5) is 38.7. The largest absolute Gasteiger partial charge is 0.349 e. The lowest BCUT2D eigenvalue weighted by molar-refractivity contribution is 0.0919. The van der Waals surface area contributed by atoms with Crippen LogP contribution < -0.4 is 11.0 Å². The number of imidazole rings is 1. The molecule has 1 aliphatic carbocycles. The Balaban J connectivity index is 1.30. The molecule has 0 bridgehead atoms. The van der Waals surface area contributed by atoms with Gasteiger partial charge in [0.25, 0.3) is 5.91 Å². The lowest BCUT2D eigenvalue weighted by Gasteiger charge is -2.29. The number of halogens is 2. The first-order chi connectivity index (χ1) is 16.9. The van der Waals surface area contributed by atoms with Gasteiger partial charge >= 0.3 is 5.69 Å². The van der Waals surface area contributed by atoms with E-state index in [0.29, 0.717) is 34.6 Å². The summed E-state index contributed by atoms with van der Waals surface area (Å²) < 4.78 is 3.39. The summed E-state index contributed by atoms with van der Waals surface area (Å²) in [5, 5.41) is 3.84. The quantitative estimate of drug-likeness (QED) is 0.423. The number of amides is 1. The fraction of sp³-hybridized carbons (Fsp3) is 0.320. The smallest absolute Gasteiger partial charge is 0.334 e. The van der Waals surface area contributed by atoms with Gasteiger partial charge in [-0.05, 0) is 56.7 Å². The number of aryl methyl sites for hydroxylation is 1. The van der Waals surface area contributed by atoms with Crippen LogP contribution in [-0.4, -0.2) is 36.0 Å². The lowest BCUT2D eigenvalue weighted by atomic mass is 9.85. The van der Waals surface area contributed by atoms with Crippen molar-refractivity contribution < 1.29 is 4.79 Å². The van der Waals surface area contributed by atoms with Gasteiger partial charge in [0.15, 0.2) is 5.82 Å². The highest BCUT2D eigenvalue weighted by molar-refractivity contribution is 6.30. The van der Waals surface area contributed by atoms with Crippen LogP contribution in [0.5, 0.6) is 0 Å². The molecule has 35 heavy (non-hydrogen) atoms. The summed E-state index contributed by atoms with van der Waals surface area (Å²) in [7, 11) is 0. The average molecular weight is 511 g/mol. The van der Waals surface area contributed by atoms with E-state index in [9.17, 15) is 9.59 Å². The maximum absolute atomic E-state index is 13.4. The molecule has 1 fully saturated rings. The van der Waals surface area contributed by atoms with Gasteiger partial charge < -0.3 is 5.32 Å². The second kappa shape index (κ2) is 9.79. The van der Waals surface area contributed by atoms with Gasteiger partial charge in [-0.1, -0.05) is 35.3 Å². The van der Waals surface area contributed by atoms with Crippen LogP contribution in [0.25, 0.3) is 16.9 Å². The van der Waals surface area contributed by atoms with Crippen molar-refractivity contribution in [2.75, 3.05) is 0 Å². The van der Waals surface area contributed by atoms with Crippen LogP contribution in [0.4, 0.5) is 0 Å². The van der Waals surface area contributed by atoms with Crippen molar-refractivity contribution in [1.29, 1.82) is 0 Å². The summed E-state index contributed by atoms with van der Waals surface area (Å²) >= 11 is 11.9. The maximum Gasteiger partial charge on any atom is 0.334 e. The number of nitrogens with one attached hydrogen (secondary N) is 1. The Morgan fingerprint density at radius 2 is 1.77 bits per heavy atom. The highest BCUT2D eigenvalue weighted by Crippen LogP contribution is 2.27. The van der Waals surface area contributed by atoms with Crippen LogP contribution in [0.2, 0.25) is 10.2 Å². The molecule has 0 atom stereocenters. The number of para-hydroxylation sites is 2. The number of benzene rings is 1. The van der Waals surface area contributed by atoms with Crippen molar-refractivity contribution in [3.05, 3.63) is 80.8 Å². The fourth-order valence-corrected chi connectivity index (χ4v) is 5.03. The third-order valence-electron chi connectivity index (χ3n) is 6.59. The Labute approximate surface area is 211 Å². The van der Waals surface area contributed by atoms with E-state index >= 15 is 0 Å². The Bertz CT molecular complexity index is 1440. The summed E-state index contributed by atoms with van der Waals surface area (Å²) in [5.41, 5.74) is 2.64. The van der Waals surface area contributed by atoms with E-state index in [2.05, 4.69) is 20.3 Å². The molecule has 3 aromatic heterocycles. The molecule has 1 aliphatic rings. The number of pyridine rings is 1. The summed E-state index contributed by atoms with van der Waals surface area (Å²) in [6.07, 6.45) is 7.99. The molecular weight excluding hydrogens is 487 g/mol. The van der Waals surface area contributed by atoms with Gasteiger partial charge in [0.1, 0.15) is 5.15 Å². The van der Waals surface area contributed by atoms with Gasteiger partial charge in [0.05, 0.1) is 39.7 Å². The minimum atomic E-state index is -0.151. The minimum absolute atomic E-state index is 0.0829. The standard InChI is InChI=1S/C25H24Cl2N6O2/c1-15-19(10-17(26)11-28-15)24(34)31-18-8-6-16(7-9-18)14-32-20-4-2-3-5-21(20)33(25(32)35)23-13-29-22(27)12-30-23/h2-5,10-13,16,18H,6-9,14H2,1H3,(H,31,34). The third-order valence-corrected chi connectivity index (χ3v) is 6.99. The number of nitrogens with zero attached hydrogens (tertiary/aromatic N) is 5. The Morgan fingerprint density at radius 1 is 1.03 bits per heavy atom. The number of hydrogen-bond donors (Lipinski definition) is 1. The second-order valence-electron chi connectivity index (χ2n) is 8.89. The number of aromatic nitrogens is 5. The van der Waals surface area contributed by atoms with E-state index in [0.717, 1.165) is 36.7 Å². The highest BCUT2D eigenvalue weighted by atomic mass is 35.5. The molecule has 0 aliphatic heterocycles. The molecule has 1 amide bonds. The molecule has 8 nitrogen and oxygen atoms in total. The second-order valence-corrected chi connectivity index (χ2v) is 9.72. The van der Waals surface area contributed by atoms with Crippen molar-refractivity contribution in [2.45, 2.75) is 45.2 Å². The maximum atomic E-state index is 13.4.